The average Bonchev–Trinajstić information content (AvgIpc) is 2.63. The maximum absolute atomic E-state index is 13.8. The number of benzene rings is 2. The third kappa shape index (κ3) is 5.34. The molecule has 2 rings (SSSR count). The van der Waals surface area contributed by atoms with Gasteiger partial charge in [-0.05, 0) is 55.9 Å². The molecule has 1 amide bonds. The molecule has 2 N–H and O–H groups in total. The van der Waals surface area contributed by atoms with Gasteiger partial charge in [0.25, 0.3) is 5.91 Å². The Labute approximate surface area is 164 Å². The van der Waals surface area contributed by atoms with Crippen LogP contribution < -0.4 is 10.0 Å². The number of ether oxygens (including phenoxy) is 1. The molecule has 0 atom stereocenters. The summed E-state index contributed by atoms with van der Waals surface area (Å²) in [7, 11) is -2.67. The van der Waals surface area contributed by atoms with E-state index in [-0.39, 0.29) is 4.90 Å². The van der Waals surface area contributed by atoms with Crippen LogP contribution in [0.15, 0.2) is 45.8 Å². The second kappa shape index (κ2) is 8.59. The highest BCUT2D eigenvalue weighted by Crippen LogP contribution is 2.20. The van der Waals surface area contributed by atoms with Gasteiger partial charge in [-0.15, -0.1) is 0 Å². The standard InChI is InChI=1S/C17H16BrFN2O5S/c1-10-7-11(3-5-14(10)18)21-16(22)9-26-17(23)13-8-12(4-6-15(13)19)27(24,25)20-2/h3-8,20H,9H2,1-2H3,(H,21,22). The zero-order valence-electron chi connectivity index (χ0n) is 14.4. The predicted molar refractivity (Wildman–Crippen MR) is 100 cm³/mol. The van der Waals surface area contributed by atoms with Gasteiger partial charge in [0.15, 0.2) is 6.61 Å². The van der Waals surface area contributed by atoms with E-state index >= 15 is 0 Å². The highest BCUT2D eigenvalue weighted by atomic mass is 79.9. The van der Waals surface area contributed by atoms with Gasteiger partial charge in [0, 0.05) is 10.2 Å². The first-order chi connectivity index (χ1) is 12.6. The summed E-state index contributed by atoms with van der Waals surface area (Å²) in [6.07, 6.45) is 0. The van der Waals surface area contributed by atoms with E-state index in [0.717, 1.165) is 28.2 Å². The molecule has 0 saturated heterocycles. The van der Waals surface area contributed by atoms with Gasteiger partial charge >= 0.3 is 5.97 Å². The maximum Gasteiger partial charge on any atom is 0.341 e. The van der Waals surface area contributed by atoms with Gasteiger partial charge in [-0.3, -0.25) is 4.79 Å². The first-order valence-corrected chi connectivity index (χ1v) is 9.88. The third-order valence-corrected chi connectivity index (χ3v) is 5.81. The summed E-state index contributed by atoms with van der Waals surface area (Å²) >= 11 is 3.34. The molecule has 10 heteroatoms. The van der Waals surface area contributed by atoms with Crippen molar-refractivity contribution in [1.29, 1.82) is 0 Å². The minimum Gasteiger partial charge on any atom is -0.452 e. The number of esters is 1. The number of halogens is 2. The molecule has 0 aliphatic carbocycles. The molecular formula is C17H16BrFN2O5S. The fraction of sp³-hybridized carbons (Fsp3) is 0.176. The number of aryl methyl sites for hydroxylation is 1. The number of sulfonamides is 1. The number of rotatable bonds is 6. The molecule has 2 aromatic rings. The van der Waals surface area contributed by atoms with Gasteiger partial charge in [-0.25, -0.2) is 22.3 Å². The van der Waals surface area contributed by atoms with Crippen molar-refractivity contribution in [3.05, 3.63) is 57.8 Å². The molecule has 0 spiro atoms. The van der Waals surface area contributed by atoms with Crippen molar-refractivity contribution in [3.63, 3.8) is 0 Å². The molecule has 0 fully saturated rings. The predicted octanol–water partition coefficient (Wildman–Crippen LogP) is 2.60. The Bertz CT molecular complexity index is 995. The number of hydrogen-bond acceptors (Lipinski definition) is 5. The lowest BCUT2D eigenvalue weighted by Gasteiger charge is -2.09. The van der Waals surface area contributed by atoms with Crippen LogP contribution in [0.2, 0.25) is 0 Å². The van der Waals surface area contributed by atoms with Crippen LogP contribution in [0, 0.1) is 12.7 Å². The van der Waals surface area contributed by atoms with E-state index in [1.54, 1.807) is 18.2 Å². The molecule has 0 bridgehead atoms. The van der Waals surface area contributed by atoms with E-state index in [0.29, 0.717) is 5.69 Å². The van der Waals surface area contributed by atoms with Crippen molar-refractivity contribution in [1.82, 2.24) is 4.72 Å². The lowest BCUT2D eigenvalue weighted by molar-refractivity contribution is -0.119. The molecule has 144 valence electrons. The van der Waals surface area contributed by atoms with Crippen LogP contribution in [-0.4, -0.2) is 33.9 Å². The van der Waals surface area contributed by atoms with Crippen molar-refractivity contribution in [2.24, 2.45) is 0 Å². The topological polar surface area (TPSA) is 102 Å². The summed E-state index contributed by atoms with van der Waals surface area (Å²) in [6, 6.07) is 7.82. The van der Waals surface area contributed by atoms with E-state index in [2.05, 4.69) is 26.0 Å². The van der Waals surface area contributed by atoms with Gasteiger partial charge in [0.05, 0.1) is 10.5 Å². The first kappa shape index (κ1) is 21.0. The quantitative estimate of drug-likeness (QED) is 0.647. The Morgan fingerprint density at radius 2 is 1.89 bits per heavy atom. The van der Waals surface area contributed by atoms with Crippen LogP contribution in [0.3, 0.4) is 0 Å². The van der Waals surface area contributed by atoms with E-state index in [9.17, 15) is 22.4 Å². The van der Waals surface area contributed by atoms with Crippen molar-refractivity contribution in [3.8, 4) is 0 Å². The van der Waals surface area contributed by atoms with Crippen molar-refractivity contribution >= 4 is 43.5 Å². The molecule has 0 unspecified atom stereocenters. The van der Waals surface area contributed by atoms with Crippen LogP contribution in [-0.2, 0) is 19.6 Å². The minimum absolute atomic E-state index is 0.298. The second-order valence-electron chi connectivity index (χ2n) is 5.44. The lowest BCUT2D eigenvalue weighted by Crippen LogP contribution is -2.22. The molecule has 0 aliphatic rings. The van der Waals surface area contributed by atoms with Crippen molar-refractivity contribution in [2.45, 2.75) is 11.8 Å². The van der Waals surface area contributed by atoms with E-state index in [1.165, 1.54) is 7.05 Å². The Kier molecular flexibility index (Phi) is 6.68. The summed E-state index contributed by atoms with van der Waals surface area (Å²) in [5.41, 5.74) is 0.818. The van der Waals surface area contributed by atoms with Gasteiger partial charge in [-0.1, -0.05) is 15.9 Å². The minimum atomic E-state index is -3.86. The van der Waals surface area contributed by atoms with Gasteiger partial charge in [0.2, 0.25) is 10.0 Å². The number of hydrogen-bond donors (Lipinski definition) is 2. The number of carbonyl (C=O) groups is 2. The fourth-order valence-corrected chi connectivity index (χ4v) is 3.08. The van der Waals surface area contributed by atoms with Crippen LogP contribution in [0.5, 0.6) is 0 Å². The zero-order valence-corrected chi connectivity index (χ0v) is 16.8. The van der Waals surface area contributed by atoms with Gasteiger partial charge in [0.1, 0.15) is 5.82 Å². The Hall–Kier alpha value is -2.30. The molecule has 7 nitrogen and oxygen atoms in total. The SMILES string of the molecule is CNS(=O)(=O)c1ccc(F)c(C(=O)OCC(=O)Nc2ccc(Br)c(C)c2)c1. The summed E-state index contributed by atoms with van der Waals surface area (Å²) < 4.78 is 45.1. The largest absolute Gasteiger partial charge is 0.452 e. The number of carbonyl (C=O) groups excluding carboxylic acids is 2. The summed E-state index contributed by atoms with van der Waals surface area (Å²) in [5.74, 6) is -2.73. The lowest BCUT2D eigenvalue weighted by atomic mass is 10.2. The highest BCUT2D eigenvalue weighted by molar-refractivity contribution is 9.10. The fourth-order valence-electron chi connectivity index (χ4n) is 2.07. The third-order valence-electron chi connectivity index (χ3n) is 3.51. The van der Waals surface area contributed by atoms with Crippen LogP contribution >= 0.6 is 15.9 Å². The average molecular weight is 459 g/mol. The highest BCUT2D eigenvalue weighted by Gasteiger charge is 2.20. The van der Waals surface area contributed by atoms with E-state index in [4.69, 9.17) is 4.74 Å². The monoisotopic (exact) mass is 458 g/mol. The molecule has 0 radical (unpaired) electrons. The normalized spacial score (nSPS) is 11.1. The Balaban J connectivity index is 2.05. The molecule has 2 aromatic carbocycles. The Morgan fingerprint density at radius 1 is 1.19 bits per heavy atom. The second-order valence-corrected chi connectivity index (χ2v) is 8.18. The summed E-state index contributed by atoms with van der Waals surface area (Å²) in [6.45, 7) is 1.19. The number of amides is 1. The van der Waals surface area contributed by atoms with E-state index in [1.807, 2.05) is 6.92 Å². The van der Waals surface area contributed by atoms with Crippen molar-refractivity contribution in [2.75, 3.05) is 19.0 Å². The van der Waals surface area contributed by atoms with Gasteiger partial charge < -0.3 is 10.1 Å². The first-order valence-electron chi connectivity index (χ1n) is 7.60. The molecule has 0 aliphatic heterocycles. The number of anilines is 1. The van der Waals surface area contributed by atoms with Crippen molar-refractivity contribution < 1.29 is 27.1 Å². The van der Waals surface area contributed by atoms with Crippen LogP contribution in [0.1, 0.15) is 15.9 Å². The van der Waals surface area contributed by atoms with Crippen LogP contribution in [0.4, 0.5) is 10.1 Å². The summed E-state index contributed by atoms with van der Waals surface area (Å²) in [4.78, 5) is 23.6. The smallest absolute Gasteiger partial charge is 0.341 e. The van der Waals surface area contributed by atoms with E-state index < -0.39 is 39.9 Å². The van der Waals surface area contributed by atoms with Gasteiger partial charge in [-0.2, -0.15) is 0 Å². The zero-order chi connectivity index (χ0) is 20.2. The molecule has 0 heterocycles. The molecule has 27 heavy (non-hydrogen) atoms. The maximum atomic E-state index is 13.8. The number of nitrogens with one attached hydrogen (secondary N) is 2. The summed E-state index contributed by atoms with van der Waals surface area (Å²) in [5, 5.41) is 2.54. The van der Waals surface area contributed by atoms with Crippen LogP contribution in [0.25, 0.3) is 0 Å². The molecule has 0 saturated carbocycles. The molecule has 0 aromatic heterocycles. The Morgan fingerprint density at radius 3 is 2.52 bits per heavy atom. The molecular weight excluding hydrogens is 443 g/mol.